The largest absolute Gasteiger partial charge is 0.370 e. The van der Waals surface area contributed by atoms with Crippen LogP contribution in [0, 0.1) is 10.1 Å². The molecule has 19 heavy (non-hydrogen) atoms. The molecule has 6 nitrogen and oxygen atoms in total. The minimum atomic E-state index is -0.412. The zero-order chi connectivity index (χ0) is 13.7. The molecule has 0 aromatic carbocycles. The summed E-state index contributed by atoms with van der Waals surface area (Å²) >= 11 is 0. The fourth-order valence-electron chi connectivity index (χ4n) is 1.73. The third-order valence-corrected chi connectivity index (χ3v) is 2.52. The van der Waals surface area contributed by atoms with Crippen LogP contribution in [0.5, 0.6) is 0 Å². The number of nitrogens with one attached hydrogen (secondary N) is 1. The normalized spacial score (nSPS) is 10.2. The summed E-state index contributed by atoms with van der Waals surface area (Å²) in [5.41, 5.74) is 1.50. The SMILES string of the molecule is CCNc1cc([N+](=O)[O-])cc(Cc2ccccn2)n1. The summed E-state index contributed by atoms with van der Waals surface area (Å²) < 4.78 is 0. The molecule has 0 fully saturated rings. The molecule has 1 N–H and O–H groups in total. The molecular formula is C13H14N4O2. The van der Waals surface area contributed by atoms with E-state index < -0.39 is 4.92 Å². The molecule has 0 amide bonds. The lowest BCUT2D eigenvalue weighted by Crippen LogP contribution is -2.04. The third kappa shape index (κ3) is 3.48. The lowest BCUT2D eigenvalue weighted by Gasteiger charge is -2.06. The molecule has 0 saturated carbocycles. The van der Waals surface area contributed by atoms with Crippen LogP contribution in [-0.2, 0) is 6.42 Å². The standard InChI is InChI=1S/C13H14N4O2/c1-2-14-13-9-12(17(18)19)8-11(16-13)7-10-5-3-4-6-15-10/h3-6,8-9H,2,7H2,1H3,(H,14,16). The lowest BCUT2D eigenvalue weighted by atomic mass is 10.2. The third-order valence-electron chi connectivity index (χ3n) is 2.52. The fraction of sp³-hybridized carbons (Fsp3) is 0.231. The average molecular weight is 258 g/mol. The van der Waals surface area contributed by atoms with E-state index in [0.29, 0.717) is 24.5 Å². The molecule has 0 aliphatic carbocycles. The van der Waals surface area contributed by atoms with Crippen molar-refractivity contribution in [1.29, 1.82) is 0 Å². The van der Waals surface area contributed by atoms with E-state index >= 15 is 0 Å². The Morgan fingerprint density at radius 3 is 2.79 bits per heavy atom. The Morgan fingerprint density at radius 2 is 2.16 bits per heavy atom. The molecule has 2 heterocycles. The van der Waals surface area contributed by atoms with Crippen molar-refractivity contribution in [3.63, 3.8) is 0 Å². The van der Waals surface area contributed by atoms with Gasteiger partial charge in [0.05, 0.1) is 16.7 Å². The molecule has 0 radical (unpaired) electrons. The maximum atomic E-state index is 10.9. The van der Waals surface area contributed by atoms with E-state index in [-0.39, 0.29) is 5.69 Å². The van der Waals surface area contributed by atoms with Gasteiger partial charge in [-0.3, -0.25) is 15.1 Å². The summed E-state index contributed by atoms with van der Waals surface area (Å²) in [4.78, 5) is 19.0. The van der Waals surface area contributed by atoms with E-state index in [2.05, 4.69) is 15.3 Å². The van der Waals surface area contributed by atoms with Gasteiger partial charge in [0.25, 0.3) is 5.69 Å². The van der Waals surface area contributed by atoms with Gasteiger partial charge in [0, 0.05) is 30.9 Å². The van der Waals surface area contributed by atoms with Crippen LogP contribution in [-0.4, -0.2) is 21.4 Å². The van der Waals surface area contributed by atoms with E-state index in [1.807, 2.05) is 25.1 Å². The highest BCUT2D eigenvalue weighted by molar-refractivity contribution is 5.47. The molecule has 0 saturated heterocycles. The van der Waals surface area contributed by atoms with Gasteiger partial charge in [-0.15, -0.1) is 0 Å². The van der Waals surface area contributed by atoms with Crippen LogP contribution in [0.15, 0.2) is 36.5 Å². The van der Waals surface area contributed by atoms with Gasteiger partial charge in [-0.05, 0) is 19.1 Å². The second-order valence-corrected chi connectivity index (χ2v) is 3.99. The summed E-state index contributed by atoms with van der Waals surface area (Å²) in [5.74, 6) is 0.516. The molecule has 98 valence electrons. The van der Waals surface area contributed by atoms with Crippen molar-refractivity contribution in [3.8, 4) is 0 Å². The van der Waals surface area contributed by atoms with E-state index in [1.54, 1.807) is 6.20 Å². The first kappa shape index (κ1) is 12.9. The number of nitrogens with zero attached hydrogens (tertiary/aromatic N) is 3. The number of rotatable bonds is 5. The molecule has 0 aliphatic heterocycles. The number of hydrogen-bond acceptors (Lipinski definition) is 5. The Morgan fingerprint density at radius 1 is 1.32 bits per heavy atom. The topological polar surface area (TPSA) is 81.0 Å². The quantitative estimate of drug-likeness (QED) is 0.658. The van der Waals surface area contributed by atoms with Crippen LogP contribution in [0.2, 0.25) is 0 Å². The van der Waals surface area contributed by atoms with Gasteiger partial charge in [-0.2, -0.15) is 0 Å². The fourth-order valence-corrected chi connectivity index (χ4v) is 1.73. The van der Waals surface area contributed by atoms with Crippen LogP contribution in [0.1, 0.15) is 18.3 Å². The van der Waals surface area contributed by atoms with Crippen LogP contribution in [0.4, 0.5) is 11.5 Å². The molecule has 0 spiro atoms. The first-order valence-electron chi connectivity index (χ1n) is 5.98. The van der Waals surface area contributed by atoms with Crippen molar-refractivity contribution < 1.29 is 4.92 Å². The van der Waals surface area contributed by atoms with Gasteiger partial charge in [0.15, 0.2) is 0 Å². The highest BCUT2D eigenvalue weighted by Crippen LogP contribution is 2.19. The molecule has 0 bridgehead atoms. The number of pyridine rings is 2. The van der Waals surface area contributed by atoms with Gasteiger partial charge in [-0.25, -0.2) is 4.98 Å². The Kier molecular flexibility index (Phi) is 4.02. The lowest BCUT2D eigenvalue weighted by molar-refractivity contribution is -0.384. The van der Waals surface area contributed by atoms with E-state index in [9.17, 15) is 10.1 Å². The van der Waals surface area contributed by atoms with Crippen molar-refractivity contribution in [2.24, 2.45) is 0 Å². The summed E-state index contributed by atoms with van der Waals surface area (Å²) in [7, 11) is 0. The molecule has 0 atom stereocenters. The van der Waals surface area contributed by atoms with Crippen molar-refractivity contribution in [1.82, 2.24) is 9.97 Å². The van der Waals surface area contributed by atoms with E-state index in [0.717, 1.165) is 5.69 Å². The summed E-state index contributed by atoms with van der Waals surface area (Å²) in [6.45, 7) is 2.58. The molecule has 2 rings (SSSR count). The van der Waals surface area contributed by atoms with Gasteiger partial charge in [0.2, 0.25) is 0 Å². The van der Waals surface area contributed by atoms with Crippen molar-refractivity contribution in [3.05, 3.63) is 58.0 Å². The highest BCUT2D eigenvalue weighted by Gasteiger charge is 2.11. The van der Waals surface area contributed by atoms with Gasteiger partial charge in [-0.1, -0.05) is 6.07 Å². The first-order chi connectivity index (χ1) is 9.19. The van der Waals surface area contributed by atoms with Crippen LogP contribution in [0.3, 0.4) is 0 Å². The van der Waals surface area contributed by atoms with Crippen molar-refractivity contribution in [2.45, 2.75) is 13.3 Å². The zero-order valence-corrected chi connectivity index (χ0v) is 10.5. The predicted octanol–water partition coefficient (Wildman–Crippen LogP) is 2.41. The average Bonchev–Trinajstić information content (AvgIpc) is 2.40. The molecule has 2 aromatic rings. The predicted molar refractivity (Wildman–Crippen MR) is 72.1 cm³/mol. The maximum Gasteiger partial charge on any atom is 0.274 e. The van der Waals surface area contributed by atoms with Crippen LogP contribution >= 0.6 is 0 Å². The van der Waals surface area contributed by atoms with Crippen molar-refractivity contribution >= 4 is 11.5 Å². The second kappa shape index (κ2) is 5.90. The van der Waals surface area contributed by atoms with Crippen LogP contribution < -0.4 is 5.32 Å². The van der Waals surface area contributed by atoms with E-state index in [4.69, 9.17) is 0 Å². The highest BCUT2D eigenvalue weighted by atomic mass is 16.6. The minimum absolute atomic E-state index is 0.0388. The molecule has 2 aromatic heterocycles. The Balaban J connectivity index is 2.31. The molecule has 0 unspecified atom stereocenters. The number of nitro groups is 1. The summed E-state index contributed by atoms with van der Waals surface area (Å²) in [6, 6.07) is 8.49. The smallest absolute Gasteiger partial charge is 0.274 e. The molecule has 6 heteroatoms. The number of aromatic nitrogens is 2. The monoisotopic (exact) mass is 258 g/mol. The van der Waals surface area contributed by atoms with Gasteiger partial charge < -0.3 is 5.32 Å². The summed E-state index contributed by atoms with van der Waals surface area (Å²) in [5, 5.41) is 13.9. The Bertz CT molecular complexity index is 572. The summed E-state index contributed by atoms with van der Waals surface area (Å²) in [6.07, 6.45) is 2.17. The zero-order valence-electron chi connectivity index (χ0n) is 10.5. The van der Waals surface area contributed by atoms with Crippen LogP contribution in [0.25, 0.3) is 0 Å². The number of anilines is 1. The minimum Gasteiger partial charge on any atom is -0.370 e. The molecular weight excluding hydrogens is 244 g/mol. The number of hydrogen-bond donors (Lipinski definition) is 1. The maximum absolute atomic E-state index is 10.9. The Labute approximate surface area is 110 Å². The van der Waals surface area contributed by atoms with Gasteiger partial charge >= 0.3 is 0 Å². The van der Waals surface area contributed by atoms with Crippen molar-refractivity contribution in [2.75, 3.05) is 11.9 Å². The van der Waals surface area contributed by atoms with Gasteiger partial charge in [0.1, 0.15) is 5.82 Å². The first-order valence-corrected chi connectivity index (χ1v) is 5.98. The Hall–Kier alpha value is -2.50. The molecule has 0 aliphatic rings. The van der Waals surface area contributed by atoms with E-state index in [1.165, 1.54) is 12.1 Å². The second-order valence-electron chi connectivity index (χ2n) is 3.99.